The number of nitriles is 1. The topological polar surface area (TPSA) is 90.4 Å². The second-order valence-electron chi connectivity index (χ2n) is 3.63. The molecule has 1 rings (SSSR count). The number of rotatable bonds is 6. The van der Waals surface area contributed by atoms with E-state index in [9.17, 15) is 18.9 Å². The van der Waals surface area contributed by atoms with Crippen LogP contribution in [0.25, 0.3) is 0 Å². The molecule has 1 aromatic rings. The molecule has 19 heavy (non-hydrogen) atoms. The summed E-state index contributed by atoms with van der Waals surface area (Å²) in [7, 11) is 0. The molecule has 0 aliphatic heterocycles. The highest BCUT2D eigenvalue weighted by atomic mass is 19.3. The normalized spacial score (nSPS) is 10.3. The van der Waals surface area contributed by atoms with Gasteiger partial charge in [0.05, 0.1) is 29.7 Å². The van der Waals surface area contributed by atoms with E-state index in [1.807, 2.05) is 0 Å². The molecule has 0 aromatic heterocycles. The number of anilines is 1. The van der Waals surface area contributed by atoms with Crippen LogP contribution < -0.4 is 4.90 Å². The standard InChI is InChI=1S/C11H11F2N3O3/c12-11(13)7-15(3-4-17)9-2-1-8(6-14)5-10(9)16(18)19/h1-2,5,11,17H,3-4,7H2. The summed E-state index contributed by atoms with van der Waals surface area (Å²) in [5.41, 5.74) is -0.414. The van der Waals surface area contributed by atoms with Crippen LogP contribution in [-0.2, 0) is 0 Å². The van der Waals surface area contributed by atoms with Crippen LogP contribution in [0.2, 0.25) is 0 Å². The summed E-state index contributed by atoms with van der Waals surface area (Å²) in [6.07, 6.45) is -2.69. The highest BCUT2D eigenvalue weighted by molar-refractivity contribution is 5.65. The average Bonchev–Trinajstić information content (AvgIpc) is 2.37. The third-order valence-electron chi connectivity index (χ3n) is 2.37. The summed E-state index contributed by atoms with van der Waals surface area (Å²) in [4.78, 5) is 11.2. The third-order valence-corrected chi connectivity index (χ3v) is 2.37. The van der Waals surface area contributed by atoms with E-state index < -0.39 is 30.2 Å². The maximum atomic E-state index is 12.4. The van der Waals surface area contributed by atoms with E-state index in [0.29, 0.717) is 0 Å². The second kappa shape index (κ2) is 6.61. The molecule has 0 amide bonds. The number of halogens is 2. The lowest BCUT2D eigenvalue weighted by Gasteiger charge is -2.23. The summed E-state index contributed by atoms with van der Waals surface area (Å²) in [5, 5.41) is 28.4. The van der Waals surface area contributed by atoms with Crippen LogP contribution in [-0.4, -0.2) is 36.2 Å². The first-order valence-electron chi connectivity index (χ1n) is 5.32. The maximum absolute atomic E-state index is 12.4. The Kier molecular flexibility index (Phi) is 5.14. The third kappa shape index (κ3) is 3.86. The lowest BCUT2D eigenvalue weighted by molar-refractivity contribution is -0.384. The fourth-order valence-electron chi connectivity index (χ4n) is 1.60. The molecule has 102 valence electrons. The largest absolute Gasteiger partial charge is 0.395 e. The monoisotopic (exact) mass is 271 g/mol. The molecule has 0 atom stereocenters. The van der Waals surface area contributed by atoms with E-state index in [1.165, 1.54) is 12.1 Å². The summed E-state index contributed by atoms with van der Waals surface area (Å²) >= 11 is 0. The Bertz CT molecular complexity index is 502. The van der Waals surface area contributed by atoms with E-state index >= 15 is 0 Å². The molecule has 0 aliphatic carbocycles. The minimum atomic E-state index is -2.69. The van der Waals surface area contributed by atoms with Crippen molar-refractivity contribution >= 4 is 11.4 Å². The first-order valence-corrected chi connectivity index (χ1v) is 5.32. The van der Waals surface area contributed by atoms with Crippen LogP contribution in [0.4, 0.5) is 20.2 Å². The number of hydrogen-bond acceptors (Lipinski definition) is 5. The van der Waals surface area contributed by atoms with Crippen LogP contribution in [0.15, 0.2) is 18.2 Å². The number of nitrogens with zero attached hydrogens (tertiary/aromatic N) is 3. The molecule has 0 heterocycles. The average molecular weight is 271 g/mol. The van der Waals surface area contributed by atoms with Crippen LogP contribution in [0.1, 0.15) is 5.56 Å². The van der Waals surface area contributed by atoms with Crippen molar-refractivity contribution in [1.29, 1.82) is 5.26 Å². The van der Waals surface area contributed by atoms with Gasteiger partial charge < -0.3 is 10.0 Å². The van der Waals surface area contributed by atoms with Crippen molar-refractivity contribution in [2.75, 3.05) is 24.6 Å². The molecule has 0 spiro atoms. The van der Waals surface area contributed by atoms with Gasteiger partial charge in [0.2, 0.25) is 0 Å². The number of benzene rings is 1. The van der Waals surface area contributed by atoms with E-state index in [1.54, 1.807) is 6.07 Å². The zero-order chi connectivity index (χ0) is 14.4. The van der Waals surface area contributed by atoms with Gasteiger partial charge in [-0.3, -0.25) is 10.1 Å². The molecule has 0 aliphatic rings. The summed E-state index contributed by atoms with van der Waals surface area (Å²) < 4.78 is 24.9. The molecule has 6 nitrogen and oxygen atoms in total. The number of nitro benzene ring substituents is 1. The summed E-state index contributed by atoms with van der Waals surface area (Å²) in [6, 6.07) is 5.29. The molecule has 0 saturated heterocycles. The van der Waals surface area contributed by atoms with Gasteiger partial charge in [-0.15, -0.1) is 0 Å². The number of nitro groups is 1. The number of alkyl halides is 2. The number of aliphatic hydroxyl groups excluding tert-OH is 1. The quantitative estimate of drug-likeness (QED) is 0.626. The molecular weight excluding hydrogens is 260 g/mol. The van der Waals surface area contributed by atoms with Gasteiger partial charge in [0, 0.05) is 12.6 Å². The molecule has 0 radical (unpaired) electrons. The van der Waals surface area contributed by atoms with Crippen molar-refractivity contribution in [3.05, 3.63) is 33.9 Å². The Morgan fingerprint density at radius 3 is 2.68 bits per heavy atom. The molecule has 0 fully saturated rings. The molecular formula is C11H11F2N3O3. The van der Waals surface area contributed by atoms with Crippen molar-refractivity contribution in [3.8, 4) is 6.07 Å². The van der Waals surface area contributed by atoms with Gasteiger partial charge in [-0.05, 0) is 12.1 Å². The van der Waals surface area contributed by atoms with Gasteiger partial charge >= 0.3 is 0 Å². The first-order chi connectivity index (χ1) is 8.99. The van der Waals surface area contributed by atoms with E-state index in [-0.39, 0.29) is 17.8 Å². The van der Waals surface area contributed by atoms with E-state index in [2.05, 4.69) is 0 Å². The summed E-state index contributed by atoms with van der Waals surface area (Å²) in [6.45, 7) is -1.30. The molecule has 0 bridgehead atoms. The molecule has 1 aromatic carbocycles. The SMILES string of the molecule is N#Cc1ccc(N(CCO)CC(F)F)c([N+](=O)[O-])c1. The van der Waals surface area contributed by atoms with Crippen LogP contribution in [0.3, 0.4) is 0 Å². The molecule has 1 N–H and O–H groups in total. The lowest BCUT2D eigenvalue weighted by atomic mass is 10.1. The minimum Gasteiger partial charge on any atom is -0.395 e. The van der Waals surface area contributed by atoms with E-state index in [0.717, 1.165) is 11.0 Å². The van der Waals surface area contributed by atoms with Crippen molar-refractivity contribution in [2.45, 2.75) is 6.43 Å². The van der Waals surface area contributed by atoms with Gasteiger partial charge in [-0.2, -0.15) is 5.26 Å². The highest BCUT2D eigenvalue weighted by Crippen LogP contribution is 2.29. The van der Waals surface area contributed by atoms with Gasteiger partial charge in [-0.25, -0.2) is 8.78 Å². The molecule has 0 unspecified atom stereocenters. The van der Waals surface area contributed by atoms with Gasteiger partial charge in [0.25, 0.3) is 12.1 Å². The highest BCUT2D eigenvalue weighted by Gasteiger charge is 2.22. The number of aliphatic hydroxyl groups is 1. The van der Waals surface area contributed by atoms with E-state index in [4.69, 9.17) is 10.4 Å². The van der Waals surface area contributed by atoms with Gasteiger partial charge in [0.15, 0.2) is 0 Å². The van der Waals surface area contributed by atoms with Crippen molar-refractivity contribution in [2.24, 2.45) is 0 Å². The molecule has 0 saturated carbocycles. The maximum Gasteiger partial charge on any atom is 0.293 e. The Morgan fingerprint density at radius 2 is 2.21 bits per heavy atom. The predicted molar refractivity (Wildman–Crippen MR) is 63.1 cm³/mol. The zero-order valence-electron chi connectivity index (χ0n) is 9.79. The fourth-order valence-corrected chi connectivity index (χ4v) is 1.60. The zero-order valence-corrected chi connectivity index (χ0v) is 9.79. The molecule has 8 heteroatoms. The fraction of sp³-hybridized carbons (Fsp3) is 0.364. The van der Waals surface area contributed by atoms with Crippen molar-refractivity contribution in [3.63, 3.8) is 0 Å². The smallest absolute Gasteiger partial charge is 0.293 e. The Hall–Kier alpha value is -2.27. The van der Waals surface area contributed by atoms with Gasteiger partial charge in [-0.1, -0.05) is 0 Å². The predicted octanol–water partition coefficient (Wildman–Crippen LogP) is 1.53. The van der Waals surface area contributed by atoms with Crippen molar-refractivity contribution < 1.29 is 18.8 Å². The number of hydrogen-bond donors (Lipinski definition) is 1. The van der Waals surface area contributed by atoms with Crippen LogP contribution in [0.5, 0.6) is 0 Å². The summed E-state index contributed by atoms with van der Waals surface area (Å²) in [5.74, 6) is 0. The van der Waals surface area contributed by atoms with Gasteiger partial charge in [0.1, 0.15) is 5.69 Å². The first kappa shape index (κ1) is 14.8. The minimum absolute atomic E-state index is 0.0432. The van der Waals surface area contributed by atoms with Crippen molar-refractivity contribution in [1.82, 2.24) is 0 Å². The lowest BCUT2D eigenvalue weighted by Crippen LogP contribution is -2.32. The Balaban J connectivity index is 3.21. The Morgan fingerprint density at radius 1 is 1.53 bits per heavy atom. The van der Waals surface area contributed by atoms with Crippen LogP contribution >= 0.6 is 0 Å². The Labute approximate surface area is 107 Å². The second-order valence-corrected chi connectivity index (χ2v) is 3.63. The van der Waals surface area contributed by atoms with Crippen LogP contribution in [0, 0.1) is 21.4 Å².